The van der Waals surface area contributed by atoms with Crippen LogP contribution in [0, 0.1) is 0 Å². The van der Waals surface area contributed by atoms with E-state index in [-0.39, 0.29) is 28.6 Å². The summed E-state index contributed by atoms with van der Waals surface area (Å²) in [4.78, 5) is 4.70. The number of anilines is 1. The Kier molecular flexibility index (Phi) is 5.75. The Labute approximate surface area is 177 Å². The molecule has 31 heavy (non-hydrogen) atoms. The van der Waals surface area contributed by atoms with Gasteiger partial charge in [0.15, 0.2) is 0 Å². The van der Waals surface area contributed by atoms with Crippen LogP contribution >= 0.6 is 15.9 Å². The van der Waals surface area contributed by atoms with Crippen LogP contribution in [0.1, 0.15) is 23.1 Å². The van der Waals surface area contributed by atoms with Crippen molar-refractivity contribution in [1.82, 2.24) is 4.98 Å². The van der Waals surface area contributed by atoms with Gasteiger partial charge in [0, 0.05) is 6.54 Å². The molecule has 0 bridgehead atoms. The average molecular weight is 523 g/mol. The SMILES string of the molecule is OC1N(c2cccc(Br)n2)CCC1(c1cc(C(F)(F)F)cc(C(F)(F)F)c1)C(F)(F)F. The summed E-state index contributed by atoms with van der Waals surface area (Å²) in [6, 6.07) is 3.86. The molecule has 13 heteroatoms. The van der Waals surface area contributed by atoms with Crippen molar-refractivity contribution in [1.29, 1.82) is 0 Å². The number of hydrogen-bond donors (Lipinski definition) is 1. The summed E-state index contributed by atoms with van der Waals surface area (Å²) in [5, 5.41) is 10.6. The lowest BCUT2D eigenvalue weighted by Gasteiger charge is -2.37. The number of aliphatic hydroxyl groups is 1. The van der Waals surface area contributed by atoms with Crippen molar-refractivity contribution in [2.75, 3.05) is 11.4 Å². The molecule has 3 nitrogen and oxygen atoms in total. The molecule has 3 rings (SSSR count). The van der Waals surface area contributed by atoms with Crippen LogP contribution in [0.2, 0.25) is 0 Å². The molecule has 1 saturated heterocycles. The van der Waals surface area contributed by atoms with Gasteiger partial charge in [-0.3, -0.25) is 0 Å². The van der Waals surface area contributed by atoms with Gasteiger partial charge in [-0.05, 0) is 58.2 Å². The number of halogens is 10. The lowest BCUT2D eigenvalue weighted by Crippen LogP contribution is -2.52. The highest BCUT2D eigenvalue weighted by atomic mass is 79.9. The fourth-order valence-corrected chi connectivity index (χ4v) is 3.90. The molecule has 2 unspecified atom stereocenters. The first-order valence-electron chi connectivity index (χ1n) is 8.51. The molecule has 1 aliphatic heterocycles. The van der Waals surface area contributed by atoms with Gasteiger partial charge in [0.05, 0.1) is 11.1 Å². The quantitative estimate of drug-likeness (QED) is 0.393. The predicted molar refractivity (Wildman–Crippen MR) is 94.1 cm³/mol. The van der Waals surface area contributed by atoms with E-state index in [9.17, 15) is 44.6 Å². The summed E-state index contributed by atoms with van der Waals surface area (Å²) < 4.78 is 122. The van der Waals surface area contributed by atoms with E-state index >= 15 is 0 Å². The molecule has 2 heterocycles. The second-order valence-electron chi connectivity index (χ2n) is 6.90. The van der Waals surface area contributed by atoms with Gasteiger partial charge >= 0.3 is 18.5 Å². The van der Waals surface area contributed by atoms with Gasteiger partial charge in [-0.15, -0.1) is 0 Å². The zero-order valence-electron chi connectivity index (χ0n) is 15.1. The molecule has 0 saturated carbocycles. The first-order chi connectivity index (χ1) is 14.1. The van der Waals surface area contributed by atoms with Crippen molar-refractivity contribution < 1.29 is 44.6 Å². The third kappa shape index (κ3) is 4.21. The highest BCUT2D eigenvalue weighted by molar-refractivity contribution is 9.10. The summed E-state index contributed by atoms with van der Waals surface area (Å²) in [6.45, 7) is -0.512. The Hall–Kier alpha value is -2.02. The molecule has 0 amide bonds. The number of nitrogens with zero attached hydrogens (tertiary/aromatic N) is 2. The van der Waals surface area contributed by atoms with E-state index in [0.29, 0.717) is 0 Å². The smallest absolute Gasteiger partial charge is 0.372 e. The summed E-state index contributed by atoms with van der Waals surface area (Å²) in [5.41, 5.74) is -8.52. The second-order valence-corrected chi connectivity index (χ2v) is 7.71. The Bertz CT molecular complexity index is 941. The first kappa shape index (κ1) is 23.6. The van der Waals surface area contributed by atoms with Crippen LogP contribution in [-0.4, -0.2) is 29.0 Å². The zero-order chi connectivity index (χ0) is 23.4. The van der Waals surface area contributed by atoms with Gasteiger partial charge in [-0.2, -0.15) is 39.5 Å². The van der Waals surface area contributed by atoms with Crippen LogP contribution in [0.4, 0.5) is 45.3 Å². The fourth-order valence-electron chi connectivity index (χ4n) is 3.57. The van der Waals surface area contributed by atoms with Gasteiger partial charge in [0.2, 0.25) is 0 Å². The Morgan fingerprint density at radius 3 is 1.94 bits per heavy atom. The van der Waals surface area contributed by atoms with Gasteiger partial charge in [0.25, 0.3) is 0 Å². The molecule has 0 radical (unpaired) electrons. The van der Waals surface area contributed by atoms with Crippen molar-refractivity contribution in [3.05, 3.63) is 57.7 Å². The molecular weight excluding hydrogens is 511 g/mol. The topological polar surface area (TPSA) is 36.4 Å². The lowest BCUT2D eigenvalue weighted by atomic mass is 9.76. The van der Waals surface area contributed by atoms with Crippen LogP contribution in [0.3, 0.4) is 0 Å². The van der Waals surface area contributed by atoms with Crippen LogP contribution in [-0.2, 0) is 17.8 Å². The zero-order valence-corrected chi connectivity index (χ0v) is 16.7. The average Bonchev–Trinajstić information content (AvgIpc) is 2.98. The number of hydrogen-bond acceptors (Lipinski definition) is 3. The molecule has 1 fully saturated rings. The second kappa shape index (κ2) is 7.54. The van der Waals surface area contributed by atoms with E-state index in [0.717, 1.165) is 4.90 Å². The highest BCUT2D eigenvalue weighted by Gasteiger charge is 2.65. The molecule has 1 aliphatic rings. The maximum absolute atomic E-state index is 14.2. The largest absolute Gasteiger partial charge is 0.416 e. The van der Waals surface area contributed by atoms with E-state index in [4.69, 9.17) is 0 Å². The number of alkyl halides is 9. The molecule has 2 aromatic rings. The molecule has 1 N–H and O–H groups in total. The molecule has 1 aromatic carbocycles. The molecule has 0 spiro atoms. The minimum Gasteiger partial charge on any atom is -0.372 e. The van der Waals surface area contributed by atoms with Crippen molar-refractivity contribution in [3.63, 3.8) is 0 Å². The van der Waals surface area contributed by atoms with Gasteiger partial charge in [-0.1, -0.05) is 6.07 Å². The summed E-state index contributed by atoms with van der Waals surface area (Å²) in [5.74, 6) is -0.129. The molecule has 170 valence electrons. The Morgan fingerprint density at radius 2 is 1.48 bits per heavy atom. The predicted octanol–water partition coefficient (Wildman–Crippen LogP) is 5.91. The Balaban J connectivity index is 2.23. The normalized spacial score (nSPS) is 22.8. The van der Waals surface area contributed by atoms with Gasteiger partial charge < -0.3 is 10.0 Å². The summed E-state index contributed by atoms with van der Waals surface area (Å²) in [7, 11) is 0. The number of rotatable bonds is 2. The summed E-state index contributed by atoms with van der Waals surface area (Å²) in [6.07, 6.45) is -19.5. The van der Waals surface area contributed by atoms with E-state index in [1.165, 1.54) is 18.2 Å². The molecular formula is C18H12BrF9N2O. The standard InChI is InChI=1S/C18H12BrF9N2O/c19-12-2-1-3-13(29-12)30-5-4-15(14(30)31,18(26,27)28)9-6-10(16(20,21)22)8-11(7-9)17(23,24)25/h1-3,6-8,14,31H,4-5H2. The van der Waals surface area contributed by atoms with E-state index < -0.39 is 59.8 Å². The van der Waals surface area contributed by atoms with Crippen LogP contribution < -0.4 is 4.90 Å². The third-order valence-corrected chi connectivity index (χ3v) is 5.53. The number of pyridine rings is 1. The monoisotopic (exact) mass is 522 g/mol. The van der Waals surface area contributed by atoms with E-state index in [2.05, 4.69) is 20.9 Å². The van der Waals surface area contributed by atoms with Gasteiger partial charge in [-0.25, -0.2) is 4.98 Å². The minimum absolute atomic E-state index is 0.00376. The van der Waals surface area contributed by atoms with Crippen molar-refractivity contribution in [2.24, 2.45) is 0 Å². The van der Waals surface area contributed by atoms with E-state index in [1.807, 2.05) is 0 Å². The third-order valence-electron chi connectivity index (χ3n) is 5.09. The lowest BCUT2D eigenvalue weighted by molar-refractivity contribution is -0.211. The Morgan fingerprint density at radius 1 is 0.935 bits per heavy atom. The van der Waals surface area contributed by atoms with Crippen LogP contribution in [0.15, 0.2) is 41.0 Å². The maximum Gasteiger partial charge on any atom is 0.416 e. The number of aliphatic hydroxyl groups excluding tert-OH is 1. The van der Waals surface area contributed by atoms with Crippen molar-refractivity contribution in [3.8, 4) is 0 Å². The molecule has 1 aromatic heterocycles. The number of aromatic nitrogens is 1. The summed E-state index contributed by atoms with van der Waals surface area (Å²) >= 11 is 3.01. The maximum atomic E-state index is 14.2. The molecule has 2 atom stereocenters. The van der Waals surface area contributed by atoms with Crippen LogP contribution in [0.5, 0.6) is 0 Å². The van der Waals surface area contributed by atoms with E-state index in [1.54, 1.807) is 0 Å². The first-order valence-corrected chi connectivity index (χ1v) is 9.30. The van der Waals surface area contributed by atoms with Crippen molar-refractivity contribution >= 4 is 21.7 Å². The minimum atomic E-state index is -5.37. The number of benzene rings is 1. The highest BCUT2D eigenvalue weighted by Crippen LogP contribution is 2.53. The van der Waals surface area contributed by atoms with Crippen molar-refractivity contribution in [2.45, 2.75) is 36.6 Å². The molecule has 0 aliphatic carbocycles. The van der Waals surface area contributed by atoms with Crippen LogP contribution in [0.25, 0.3) is 0 Å². The van der Waals surface area contributed by atoms with Gasteiger partial charge in [0.1, 0.15) is 22.1 Å². The fraction of sp³-hybridized carbons (Fsp3) is 0.389.